The highest BCUT2D eigenvalue weighted by atomic mass is 79.9. The standard InChI is InChI=1S/C23H17BrFN3O3/c1-13(22(29)28-18-10-8-16(24)12-17(18)25)31-23(30)15-7-9-19-20(11-15)27-21(26-19)14-5-3-2-4-6-14/h2-13H,1H3,(H,26,27)(H,28,29). The molecule has 3 aromatic carbocycles. The number of fused-ring (bicyclic) bond motifs is 1. The molecule has 1 unspecified atom stereocenters. The van der Waals surface area contributed by atoms with Gasteiger partial charge in [-0.15, -0.1) is 0 Å². The Balaban J connectivity index is 1.46. The number of imidazole rings is 1. The van der Waals surface area contributed by atoms with Crippen LogP contribution >= 0.6 is 15.9 Å². The first-order valence-electron chi connectivity index (χ1n) is 9.43. The fourth-order valence-electron chi connectivity index (χ4n) is 2.98. The molecule has 8 heteroatoms. The van der Waals surface area contributed by atoms with Gasteiger partial charge in [-0.2, -0.15) is 0 Å². The van der Waals surface area contributed by atoms with E-state index in [0.29, 0.717) is 21.3 Å². The van der Waals surface area contributed by atoms with E-state index in [0.717, 1.165) is 5.56 Å². The summed E-state index contributed by atoms with van der Waals surface area (Å²) >= 11 is 3.15. The van der Waals surface area contributed by atoms with Gasteiger partial charge in [0, 0.05) is 10.0 Å². The van der Waals surface area contributed by atoms with Crippen LogP contribution in [0.15, 0.2) is 71.2 Å². The molecule has 0 aliphatic heterocycles. The third-order valence-corrected chi connectivity index (χ3v) is 5.10. The second-order valence-corrected chi connectivity index (χ2v) is 7.76. The summed E-state index contributed by atoms with van der Waals surface area (Å²) in [6.45, 7) is 1.42. The zero-order chi connectivity index (χ0) is 22.0. The fourth-order valence-corrected chi connectivity index (χ4v) is 3.31. The van der Waals surface area contributed by atoms with Crippen LogP contribution in [0.1, 0.15) is 17.3 Å². The third-order valence-electron chi connectivity index (χ3n) is 4.61. The molecule has 1 aromatic heterocycles. The van der Waals surface area contributed by atoms with Crippen molar-refractivity contribution in [3.05, 3.63) is 82.6 Å². The molecule has 6 nitrogen and oxygen atoms in total. The second-order valence-electron chi connectivity index (χ2n) is 6.84. The molecule has 4 aromatic rings. The Bertz CT molecular complexity index is 1270. The normalized spacial score (nSPS) is 11.8. The van der Waals surface area contributed by atoms with Crippen LogP contribution in [-0.2, 0) is 9.53 Å². The molecule has 1 heterocycles. The number of aromatic nitrogens is 2. The molecule has 0 fully saturated rings. The average Bonchev–Trinajstić information content (AvgIpc) is 3.19. The van der Waals surface area contributed by atoms with E-state index in [4.69, 9.17) is 4.74 Å². The molecule has 1 atom stereocenters. The lowest BCUT2D eigenvalue weighted by molar-refractivity contribution is -0.123. The zero-order valence-corrected chi connectivity index (χ0v) is 17.9. The lowest BCUT2D eigenvalue weighted by Gasteiger charge is -2.14. The number of benzene rings is 3. The summed E-state index contributed by atoms with van der Waals surface area (Å²) in [6.07, 6.45) is -1.12. The van der Waals surface area contributed by atoms with E-state index in [2.05, 4.69) is 31.2 Å². The Morgan fingerprint density at radius 2 is 1.87 bits per heavy atom. The number of hydrogen-bond acceptors (Lipinski definition) is 4. The van der Waals surface area contributed by atoms with E-state index >= 15 is 0 Å². The van der Waals surface area contributed by atoms with Crippen molar-refractivity contribution in [2.45, 2.75) is 13.0 Å². The first-order chi connectivity index (χ1) is 14.9. The highest BCUT2D eigenvalue weighted by Gasteiger charge is 2.21. The Morgan fingerprint density at radius 3 is 2.61 bits per heavy atom. The number of halogens is 2. The van der Waals surface area contributed by atoms with Crippen molar-refractivity contribution in [3.8, 4) is 11.4 Å². The summed E-state index contributed by atoms with van der Waals surface area (Å²) in [5.74, 6) is -1.22. The van der Waals surface area contributed by atoms with Crippen LogP contribution in [0.5, 0.6) is 0 Å². The predicted octanol–water partition coefficient (Wildman–Crippen LogP) is 5.32. The van der Waals surface area contributed by atoms with Crippen LogP contribution in [0.4, 0.5) is 10.1 Å². The summed E-state index contributed by atoms with van der Waals surface area (Å²) in [4.78, 5) is 32.5. The van der Waals surface area contributed by atoms with Gasteiger partial charge in [0.2, 0.25) is 0 Å². The van der Waals surface area contributed by atoms with Crippen molar-refractivity contribution in [1.29, 1.82) is 0 Å². The van der Waals surface area contributed by atoms with Crippen molar-refractivity contribution in [2.75, 3.05) is 5.32 Å². The number of carbonyl (C=O) groups excluding carboxylic acids is 2. The molecular weight excluding hydrogens is 465 g/mol. The van der Waals surface area contributed by atoms with Crippen molar-refractivity contribution < 1.29 is 18.7 Å². The second kappa shape index (κ2) is 8.69. The Hall–Kier alpha value is -3.52. The fraction of sp³-hybridized carbons (Fsp3) is 0.0870. The minimum absolute atomic E-state index is 0.00317. The topological polar surface area (TPSA) is 84.1 Å². The summed E-state index contributed by atoms with van der Waals surface area (Å²) in [5, 5.41) is 2.42. The number of anilines is 1. The van der Waals surface area contributed by atoms with Crippen molar-refractivity contribution in [2.24, 2.45) is 0 Å². The summed E-state index contributed by atoms with van der Waals surface area (Å²) in [6, 6.07) is 18.8. The minimum atomic E-state index is -1.12. The van der Waals surface area contributed by atoms with E-state index in [9.17, 15) is 14.0 Å². The van der Waals surface area contributed by atoms with Gasteiger partial charge in [0.1, 0.15) is 11.6 Å². The van der Waals surface area contributed by atoms with Gasteiger partial charge >= 0.3 is 5.97 Å². The van der Waals surface area contributed by atoms with Gasteiger partial charge < -0.3 is 15.0 Å². The van der Waals surface area contributed by atoms with E-state index < -0.39 is 23.8 Å². The smallest absolute Gasteiger partial charge is 0.338 e. The number of nitrogens with one attached hydrogen (secondary N) is 2. The molecule has 0 aliphatic carbocycles. The van der Waals surface area contributed by atoms with E-state index in [-0.39, 0.29) is 11.3 Å². The van der Waals surface area contributed by atoms with Gasteiger partial charge in [-0.1, -0.05) is 46.3 Å². The van der Waals surface area contributed by atoms with E-state index in [1.807, 2.05) is 30.3 Å². The number of esters is 1. The van der Waals surface area contributed by atoms with E-state index in [1.165, 1.54) is 19.1 Å². The molecule has 0 spiro atoms. The van der Waals surface area contributed by atoms with Gasteiger partial charge in [0.05, 0.1) is 22.3 Å². The summed E-state index contributed by atoms with van der Waals surface area (Å²) < 4.78 is 19.7. The van der Waals surface area contributed by atoms with Crippen LogP contribution in [0.3, 0.4) is 0 Å². The monoisotopic (exact) mass is 481 g/mol. The largest absolute Gasteiger partial charge is 0.449 e. The Morgan fingerprint density at radius 1 is 1.10 bits per heavy atom. The summed E-state index contributed by atoms with van der Waals surface area (Å²) in [5.41, 5.74) is 2.57. The molecular formula is C23H17BrFN3O3. The number of H-pyrrole nitrogens is 1. The molecule has 0 radical (unpaired) electrons. The highest BCUT2D eigenvalue weighted by molar-refractivity contribution is 9.10. The SMILES string of the molecule is CC(OC(=O)c1ccc2nc(-c3ccccc3)[nH]c2c1)C(=O)Nc1ccc(Br)cc1F. The summed E-state index contributed by atoms with van der Waals surface area (Å²) in [7, 11) is 0. The maximum absolute atomic E-state index is 13.9. The van der Waals surface area contributed by atoms with Gasteiger partial charge in [-0.3, -0.25) is 4.79 Å². The Labute approximate surface area is 185 Å². The number of nitrogens with zero attached hydrogens (tertiary/aromatic N) is 1. The molecule has 0 aliphatic rings. The highest BCUT2D eigenvalue weighted by Crippen LogP contribution is 2.22. The number of aromatic amines is 1. The number of ether oxygens (including phenoxy) is 1. The number of amides is 1. The minimum Gasteiger partial charge on any atom is -0.449 e. The first kappa shape index (κ1) is 20.7. The maximum atomic E-state index is 13.9. The lowest BCUT2D eigenvalue weighted by atomic mass is 10.2. The third kappa shape index (κ3) is 4.64. The average molecular weight is 482 g/mol. The number of hydrogen-bond donors (Lipinski definition) is 2. The zero-order valence-electron chi connectivity index (χ0n) is 16.4. The molecule has 0 bridgehead atoms. The number of rotatable bonds is 5. The van der Waals surface area contributed by atoms with Gasteiger partial charge in [-0.25, -0.2) is 14.2 Å². The maximum Gasteiger partial charge on any atom is 0.338 e. The van der Waals surface area contributed by atoms with Crippen LogP contribution in [0.25, 0.3) is 22.4 Å². The van der Waals surface area contributed by atoms with Crippen molar-refractivity contribution in [3.63, 3.8) is 0 Å². The Kier molecular flexibility index (Phi) is 5.81. The number of carbonyl (C=O) groups is 2. The van der Waals surface area contributed by atoms with Gasteiger partial charge in [0.15, 0.2) is 6.10 Å². The molecule has 0 saturated heterocycles. The quantitative estimate of drug-likeness (QED) is 0.378. The molecule has 156 valence electrons. The van der Waals surface area contributed by atoms with Crippen LogP contribution in [0, 0.1) is 5.82 Å². The lowest BCUT2D eigenvalue weighted by Crippen LogP contribution is -2.30. The first-order valence-corrected chi connectivity index (χ1v) is 10.2. The van der Waals surface area contributed by atoms with Gasteiger partial charge in [-0.05, 0) is 43.3 Å². The van der Waals surface area contributed by atoms with Gasteiger partial charge in [0.25, 0.3) is 5.91 Å². The van der Waals surface area contributed by atoms with E-state index in [1.54, 1.807) is 24.3 Å². The molecule has 0 saturated carbocycles. The van der Waals surface area contributed by atoms with Crippen molar-refractivity contribution in [1.82, 2.24) is 9.97 Å². The van der Waals surface area contributed by atoms with Crippen molar-refractivity contribution >= 4 is 44.5 Å². The molecule has 4 rings (SSSR count). The predicted molar refractivity (Wildman–Crippen MR) is 119 cm³/mol. The molecule has 1 amide bonds. The molecule has 2 N–H and O–H groups in total. The molecule has 31 heavy (non-hydrogen) atoms. The van der Waals surface area contributed by atoms with Crippen LogP contribution < -0.4 is 5.32 Å². The van der Waals surface area contributed by atoms with Crippen LogP contribution in [0.2, 0.25) is 0 Å². The van der Waals surface area contributed by atoms with Crippen LogP contribution in [-0.4, -0.2) is 27.9 Å².